The van der Waals surface area contributed by atoms with Crippen LogP contribution < -0.4 is 4.72 Å². The van der Waals surface area contributed by atoms with Crippen molar-refractivity contribution in [2.75, 3.05) is 6.54 Å². The number of carboxylic acid groups (broad SMARTS) is 1. The Hall–Kier alpha value is -0.920. The summed E-state index contributed by atoms with van der Waals surface area (Å²) in [6.07, 6.45) is 0. The average Bonchev–Trinajstić information content (AvgIpc) is 2.29. The van der Waals surface area contributed by atoms with E-state index >= 15 is 0 Å². The summed E-state index contributed by atoms with van der Waals surface area (Å²) < 4.78 is 26.9. The van der Waals surface area contributed by atoms with Crippen molar-refractivity contribution >= 4 is 31.9 Å². The standard InChI is InChI=1S/C11H14BrNO4S/c1-7-5-9(3-4-10(7)12)18(16,17)13-6-8(2)11(14)15/h3-5,8,13H,6H2,1-2H3,(H,14,15). The summed E-state index contributed by atoms with van der Waals surface area (Å²) in [5.74, 6) is -1.80. The number of benzene rings is 1. The Labute approximate surface area is 114 Å². The lowest BCUT2D eigenvalue weighted by Gasteiger charge is -2.10. The SMILES string of the molecule is Cc1cc(S(=O)(=O)NCC(C)C(=O)O)ccc1Br. The number of hydrogen-bond acceptors (Lipinski definition) is 3. The molecule has 18 heavy (non-hydrogen) atoms. The van der Waals surface area contributed by atoms with Crippen molar-refractivity contribution in [1.29, 1.82) is 0 Å². The quantitative estimate of drug-likeness (QED) is 0.858. The van der Waals surface area contributed by atoms with E-state index < -0.39 is 21.9 Å². The number of rotatable bonds is 5. The molecule has 1 unspecified atom stereocenters. The molecule has 2 N–H and O–H groups in total. The minimum Gasteiger partial charge on any atom is -0.481 e. The third-order valence-electron chi connectivity index (χ3n) is 2.44. The summed E-state index contributed by atoms with van der Waals surface area (Å²) in [5, 5.41) is 8.69. The van der Waals surface area contributed by atoms with E-state index in [9.17, 15) is 13.2 Å². The van der Waals surface area contributed by atoms with Gasteiger partial charge in [-0.2, -0.15) is 0 Å². The molecule has 0 aromatic heterocycles. The van der Waals surface area contributed by atoms with Crippen molar-refractivity contribution in [1.82, 2.24) is 4.72 Å². The van der Waals surface area contributed by atoms with Crippen LogP contribution in [0.5, 0.6) is 0 Å². The van der Waals surface area contributed by atoms with Gasteiger partial charge < -0.3 is 5.11 Å². The van der Waals surface area contributed by atoms with E-state index in [1.165, 1.54) is 19.1 Å². The lowest BCUT2D eigenvalue weighted by molar-refractivity contribution is -0.140. The first-order valence-corrected chi connectivity index (χ1v) is 7.50. The van der Waals surface area contributed by atoms with Gasteiger partial charge in [-0.25, -0.2) is 13.1 Å². The molecule has 0 aliphatic heterocycles. The smallest absolute Gasteiger partial charge is 0.307 e. The third-order valence-corrected chi connectivity index (χ3v) is 4.75. The second-order valence-corrected chi connectivity index (χ2v) is 6.62. The first-order chi connectivity index (χ1) is 8.24. The van der Waals surface area contributed by atoms with Crippen molar-refractivity contribution < 1.29 is 18.3 Å². The summed E-state index contributed by atoms with van der Waals surface area (Å²) in [5.41, 5.74) is 0.796. The van der Waals surface area contributed by atoms with Gasteiger partial charge in [0.2, 0.25) is 10.0 Å². The molecule has 0 aliphatic carbocycles. The molecule has 100 valence electrons. The highest BCUT2D eigenvalue weighted by atomic mass is 79.9. The number of nitrogens with one attached hydrogen (secondary N) is 1. The molecule has 0 saturated carbocycles. The van der Waals surface area contributed by atoms with Gasteiger partial charge in [0.15, 0.2) is 0 Å². The van der Waals surface area contributed by atoms with Crippen LogP contribution in [-0.4, -0.2) is 26.0 Å². The van der Waals surface area contributed by atoms with Gasteiger partial charge in [0.25, 0.3) is 0 Å². The molecular formula is C11H14BrNO4S. The van der Waals surface area contributed by atoms with Crippen molar-refractivity contribution in [3.8, 4) is 0 Å². The van der Waals surface area contributed by atoms with Gasteiger partial charge in [0.05, 0.1) is 10.8 Å². The van der Waals surface area contributed by atoms with Gasteiger partial charge in [-0.05, 0) is 30.7 Å². The van der Waals surface area contributed by atoms with Crippen LogP contribution in [0.1, 0.15) is 12.5 Å². The summed E-state index contributed by atoms with van der Waals surface area (Å²) in [7, 11) is -3.66. The first kappa shape index (κ1) is 15.1. The summed E-state index contributed by atoms with van der Waals surface area (Å²) in [6, 6.07) is 4.63. The number of halogens is 1. The van der Waals surface area contributed by atoms with E-state index in [4.69, 9.17) is 5.11 Å². The molecule has 7 heteroatoms. The van der Waals surface area contributed by atoms with Crippen molar-refractivity contribution in [3.05, 3.63) is 28.2 Å². The minimum absolute atomic E-state index is 0.126. The number of aryl methyl sites for hydroxylation is 1. The van der Waals surface area contributed by atoms with Gasteiger partial charge in [0, 0.05) is 11.0 Å². The van der Waals surface area contributed by atoms with E-state index in [0.717, 1.165) is 10.0 Å². The zero-order chi connectivity index (χ0) is 13.9. The fourth-order valence-electron chi connectivity index (χ4n) is 1.19. The van der Waals surface area contributed by atoms with E-state index in [0.29, 0.717) is 0 Å². The van der Waals surface area contributed by atoms with Crippen LogP contribution in [-0.2, 0) is 14.8 Å². The Balaban J connectivity index is 2.87. The molecule has 0 amide bonds. The van der Waals surface area contributed by atoms with Crippen LogP contribution in [0.25, 0.3) is 0 Å². The van der Waals surface area contributed by atoms with Crippen LogP contribution in [0, 0.1) is 12.8 Å². The van der Waals surface area contributed by atoms with Crippen molar-refractivity contribution in [2.45, 2.75) is 18.7 Å². The summed E-state index contributed by atoms with van der Waals surface area (Å²) >= 11 is 3.28. The fraction of sp³-hybridized carbons (Fsp3) is 0.364. The zero-order valence-corrected chi connectivity index (χ0v) is 12.4. The summed E-state index contributed by atoms with van der Waals surface area (Å²) in [4.78, 5) is 10.7. The second-order valence-electron chi connectivity index (χ2n) is 4.00. The third kappa shape index (κ3) is 3.79. The minimum atomic E-state index is -3.66. The lowest BCUT2D eigenvalue weighted by atomic mass is 10.2. The molecule has 1 aromatic carbocycles. The molecule has 0 radical (unpaired) electrons. The maximum absolute atomic E-state index is 11.9. The molecule has 0 spiro atoms. The maximum atomic E-state index is 11.9. The highest BCUT2D eigenvalue weighted by Gasteiger charge is 2.18. The Morgan fingerprint density at radius 2 is 2.11 bits per heavy atom. The van der Waals surface area contributed by atoms with Crippen molar-refractivity contribution in [2.24, 2.45) is 5.92 Å². The van der Waals surface area contributed by atoms with Gasteiger partial charge >= 0.3 is 5.97 Å². The second kappa shape index (κ2) is 5.81. The van der Waals surface area contributed by atoms with Crippen LogP contribution in [0.4, 0.5) is 0 Å². The van der Waals surface area contributed by atoms with Gasteiger partial charge in [-0.3, -0.25) is 4.79 Å². The number of carboxylic acids is 1. The van der Waals surface area contributed by atoms with Gasteiger partial charge in [-0.15, -0.1) is 0 Å². The molecule has 0 aliphatic rings. The average molecular weight is 336 g/mol. The fourth-order valence-corrected chi connectivity index (χ4v) is 2.65. The van der Waals surface area contributed by atoms with E-state index in [2.05, 4.69) is 20.7 Å². The molecule has 0 heterocycles. The number of carbonyl (C=O) groups is 1. The topological polar surface area (TPSA) is 83.5 Å². The summed E-state index contributed by atoms with van der Waals surface area (Å²) in [6.45, 7) is 3.09. The van der Waals surface area contributed by atoms with Crippen LogP contribution >= 0.6 is 15.9 Å². The number of sulfonamides is 1. The Morgan fingerprint density at radius 3 is 2.61 bits per heavy atom. The van der Waals surface area contributed by atoms with Gasteiger partial charge in [-0.1, -0.05) is 22.9 Å². The number of aliphatic carboxylic acids is 1. The molecular weight excluding hydrogens is 322 g/mol. The lowest BCUT2D eigenvalue weighted by Crippen LogP contribution is -2.31. The Bertz CT molecular complexity index is 556. The molecule has 1 rings (SSSR count). The Morgan fingerprint density at radius 1 is 1.50 bits per heavy atom. The highest BCUT2D eigenvalue weighted by Crippen LogP contribution is 2.19. The monoisotopic (exact) mass is 335 g/mol. The first-order valence-electron chi connectivity index (χ1n) is 5.22. The zero-order valence-electron chi connectivity index (χ0n) is 9.97. The molecule has 1 aromatic rings. The molecule has 1 atom stereocenters. The highest BCUT2D eigenvalue weighted by molar-refractivity contribution is 9.10. The molecule has 0 saturated heterocycles. The Kier molecular flexibility index (Phi) is 4.89. The van der Waals surface area contributed by atoms with E-state index in [-0.39, 0.29) is 11.4 Å². The molecule has 0 fully saturated rings. The normalized spacial score (nSPS) is 13.3. The number of hydrogen-bond donors (Lipinski definition) is 2. The molecule has 5 nitrogen and oxygen atoms in total. The molecule has 0 bridgehead atoms. The van der Waals surface area contributed by atoms with Crippen LogP contribution in [0.3, 0.4) is 0 Å². The van der Waals surface area contributed by atoms with Crippen molar-refractivity contribution in [3.63, 3.8) is 0 Å². The van der Waals surface area contributed by atoms with Crippen LogP contribution in [0.15, 0.2) is 27.6 Å². The maximum Gasteiger partial charge on any atom is 0.307 e. The van der Waals surface area contributed by atoms with Crippen LogP contribution in [0.2, 0.25) is 0 Å². The predicted octanol–water partition coefficient (Wildman–Crippen LogP) is 1.76. The van der Waals surface area contributed by atoms with Gasteiger partial charge in [0.1, 0.15) is 0 Å². The van der Waals surface area contributed by atoms with E-state index in [1.54, 1.807) is 13.0 Å². The largest absolute Gasteiger partial charge is 0.481 e. The predicted molar refractivity (Wildman–Crippen MR) is 70.9 cm³/mol. The van der Waals surface area contributed by atoms with E-state index in [1.807, 2.05) is 0 Å².